The molecule has 0 spiro atoms. The number of para-hydroxylation sites is 2. The highest BCUT2D eigenvalue weighted by atomic mass is 16.1. The normalized spacial score (nSPS) is 13.9. The lowest BCUT2D eigenvalue weighted by atomic mass is 9.97. The number of aryl methyl sites for hydroxylation is 1. The zero-order valence-electron chi connectivity index (χ0n) is 18.8. The van der Waals surface area contributed by atoms with Crippen LogP contribution in [0.4, 0.5) is 5.82 Å². The maximum absolute atomic E-state index is 13.2. The van der Waals surface area contributed by atoms with Crippen molar-refractivity contribution in [3.05, 3.63) is 77.4 Å². The van der Waals surface area contributed by atoms with E-state index in [1.54, 1.807) is 0 Å². The predicted octanol–water partition coefficient (Wildman–Crippen LogP) is 5.03. The van der Waals surface area contributed by atoms with Crippen molar-refractivity contribution in [2.75, 3.05) is 12.3 Å². The van der Waals surface area contributed by atoms with Crippen LogP contribution in [0.15, 0.2) is 66.2 Å². The zero-order valence-corrected chi connectivity index (χ0v) is 18.8. The quantitative estimate of drug-likeness (QED) is 0.396. The van der Waals surface area contributed by atoms with Gasteiger partial charge in [-0.3, -0.25) is 4.79 Å². The van der Waals surface area contributed by atoms with Crippen LogP contribution < -0.4 is 11.1 Å². The molecule has 0 aliphatic heterocycles. The van der Waals surface area contributed by atoms with Crippen molar-refractivity contribution < 1.29 is 4.79 Å². The molecule has 6 heteroatoms. The smallest absolute Gasteiger partial charge is 0.257 e. The fourth-order valence-electron chi connectivity index (χ4n) is 4.61. The van der Waals surface area contributed by atoms with E-state index in [0.29, 0.717) is 35.6 Å². The van der Waals surface area contributed by atoms with E-state index in [0.717, 1.165) is 36.7 Å². The van der Waals surface area contributed by atoms with E-state index in [1.807, 2.05) is 47.0 Å². The van der Waals surface area contributed by atoms with Crippen LogP contribution in [-0.4, -0.2) is 27.0 Å². The first kappa shape index (κ1) is 21.2. The number of nitrogen functional groups attached to an aromatic ring is 1. The number of benzene rings is 2. The summed E-state index contributed by atoms with van der Waals surface area (Å²) in [6.07, 6.45) is 8.82. The molecule has 0 fully saturated rings. The number of amides is 1. The number of nitrogens with zero attached hydrogens (tertiary/aromatic N) is 3. The minimum atomic E-state index is -0.200. The summed E-state index contributed by atoms with van der Waals surface area (Å²) in [5.74, 6) is 0.238. The van der Waals surface area contributed by atoms with E-state index < -0.39 is 0 Å². The highest BCUT2D eigenvalue weighted by molar-refractivity contribution is 6.10. The second kappa shape index (κ2) is 9.45. The van der Waals surface area contributed by atoms with E-state index in [2.05, 4.69) is 23.5 Å². The minimum absolute atomic E-state index is 0.200. The van der Waals surface area contributed by atoms with Gasteiger partial charge < -0.3 is 15.6 Å². The molecule has 4 aromatic rings. The van der Waals surface area contributed by atoms with Crippen LogP contribution >= 0.6 is 0 Å². The van der Waals surface area contributed by atoms with Crippen LogP contribution in [0, 0.1) is 0 Å². The Hall–Kier alpha value is -3.67. The van der Waals surface area contributed by atoms with Gasteiger partial charge in [-0.1, -0.05) is 54.1 Å². The summed E-state index contributed by atoms with van der Waals surface area (Å²) in [7, 11) is 0. The zero-order chi connectivity index (χ0) is 22.6. The largest absolute Gasteiger partial charge is 0.384 e. The van der Waals surface area contributed by atoms with Crippen LogP contribution in [0.1, 0.15) is 48.0 Å². The van der Waals surface area contributed by atoms with Gasteiger partial charge in [0.25, 0.3) is 5.91 Å². The van der Waals surface area contributed by atoms with Gasteiger partial charge in [-0.15, -0.1) is 0 Å². The van der Waals surface area contributed by atoms with E-state index in [4.69, 9.17) is 15.7 Å². The molecular formula is C27H29N5O. The van der Waals surface area contributed by atoms with Crippen molar-refractivity contribution in [1.29, 1.82) is 0 Å². The molecule has 0 saturated heterocycles. The average molecular weight is 440 g/mol. The number of hydrogen-bond donors (Lipinski definition) is 2. The number of carbonyl (C=O) groups excluding carboxylic acids is 1. The molecule has 2 heterocycles. The third-order valence-corrected chi connectivity index (χ3v) is 6.40. The lowest BCUT2D eigenvalue weighted by Gasteiger charge is -2.14. The molecule has 6 nitrogen and oxygen atoms in total. The summed E-state index contributed by atoms with van der Waals surface area (Å²) in [4.78, 5) is 22.9. The van der Waals surface area contributed by atoms with E-state index in [1.165, 1.54) is 24.0 Å². The number of aromatic nitrogens is 3. The Kier molecular flexibility index (Phi) is 6.07. The lowest BCUT2D eigenvalue weighted by molar-refractivity contribution is 0.0956. The molecule has 33 heavy (non-hydrogen) atoms. The van der Waals surface area contributed by atoms with Crippen molar-refractivity contribution in [3.63, 3.8) is 0 Å². The molecule has 0 radical (unpaired) electrons. The Morgan fingerprint density at radius 1 is 0.970 bits per heavy atom. The monoisotopic (exact) mass is 439 g/mol. The van der Waals surface area contributed by atoms with Gasteiger partial charge in [-0.05, 0) is 56.2 Å². The third kappa shape index (κ3) is 4.46. The van der Waals surface area contributed by atoms with Gasteiger partial charge in [-0.25, -0.2) is 9.97 Å². The predicted molar refractivity (Wildman–Crippen MR) is 133 cm³/mol. The van der Waals surface area contributed by atoms with Gasteiger partial charge in [0.15, 0.2) is 5.65 Å². The van der Waals surface area contributed by atoms with Crippen LogP contribution in [0.2, 0.25) is 0 Å². The highest BCUT2D eigenvalue weighted by Crippen LogP contribution is 2.29. The fourth-order valence-corrected chi connectivity index (χ4v) is 4.61. The summed E-state index contributed by atoms with van der Waals surface area (Å²) < 4.78 is 1.97. The number of fused-ring (bicyclic) bond motifs is 2. The van der Waals surface area contributed by atoms with Crippen molar-refractivity contribution >= 4 is 33.9 Å². The second-order valence-electron chi connectivity index (χ2n) is 8.65. The van der Waals surface area contributed by atoms with E-state index >= 15 is 0 Å². The number of nitrogens with two attached hydrogens (primary N) is 1. The highest BCUT2D eigenvalue weighted by Gasteiger charge is 2.24. The van der Waals surface area contributed by atoms with Crippen molar-refractivity contribution in [2.45, 2.75) is 45.1 Å². The van der Waals surface area contributed by atoms with Gasteiger partial charge >= 0.3 is 0 Å². The van der Waals surface area contributed by atoms with Gasteiger partial charge in [0, 0.05) is 13.1 Å². The number of nitrogens with one attached hydrogen (secondary N) is 1. The number of hydrogen-bond acceptors (Lipinski definition) is 4. The Morgan fingerprint density at radius 2 is 1.73 bits per heavy atom. The molecule has 0 bridgehead atoms. The second-order valence-corrected chi connectivity index (χ2v) is 8.65. The Morgan fingerprint density at radius 3 is 2.48 bits per heavy atom. The molecule has 2 aromatic carbocycles. The molecule has 2 aromatic heterocycles. The molecule has 1 amide bonds. The van der Waals surface area contributed by atoms with Crippen molar-refractivity contribution in [3.8, 4) is 0 Å². The van der Waals surface area contributed by atoms with Crippen LogP contribution in [0.25, 0.3) is 22.2 Å². The summed E-state index contributed by atoms with van der Waals surface area (Å²) in [6, 6.07) is 17.9. The van der Waals surface area contributed by atoms with Gasteiger partial charge in [0.1, 0.15) is 16.9 Å². The topological polar surface area (TPSA) is 85.8 Å². The third-order valence-electron chi connectivity index (χ3n) is 6.40. The number of allylic oxidation sites excluding steroid dienone is 2. The van der Waals surface area contributed by atoms with E-state index in [9.17, 15) is 4.79 Å². The molecule has 0 saturated carbocycles. The molecule has 0 unspecified atom stereocenters. The summed E-state index contributed by atoms with van der Waals surface area (Å²) in [5, 5.41) is 3.04. The van der Waals surface area contributed by atoms with Crippen LogP contribution in [0.3, 0.4) is 0 Å². The average Bonchev–Trinajstić information content (AvgIpc) is 3.12. The first-order valence-corrected chi connectivity index (χ1v) is 11.7. The van der Waals surface area contributed by atoms with Crippen LogP contribution in [-0.2, 0) is 13.0 Å². The number of anilines is 1. The Bertz CT molecular complexity index is 1320. The maximum Gasteiger partial charge on any atom is 0.257 e. The molecule has 0 atom stereocenters. The minimum Gasteiger partial charge on any atom is -0.384 e. The van der Waals surface area contributed by atoms with Gasteiger partial charge in [-0.2, -0.15) is 0 Å². The van der Waals surface area contributed by atoms with Crippen molar-refractivity contribution in [1.82, 2.24) is 19.9 Å². The molecular weight excluding hydrogens is 410 g/mol. The Balaban J connectivity index is 1.47. The molecule has 168 valence electrons. The number of carbonyl (C=O) groups is 1. The van der Waals surface area contributed by atoms with Gasteiger partial charge in [0.2, 0.25) is 0 Å². The standard InChI is InChI=1S/C27H29N5O/c28-25-23(27(33)29-17-15-19-9-3-1-4-10-19)24-26(31-22-14-8-7-13-21(22)30-24)32(25)18-16-20-11-5-2-6-12-20/h1,3-4,7-11,13-14H,2,5-6,12,15-18,28H2,(H,29,33). The summed E-state index contributed by atoms with van der Waals surface area (Å²) >= 11 is 0. The molecule has 1 aliphatic rings. The van der Waals surface area contributed by atoms with Crippen LogP contribution in [0.5, 0.6) is 0 Å². The molecule has 3 N–H and O–H groups in total. The first-order valence-electron chi connectivity index (χ1n) is 11.7. The fraction of sp³-hybridized carbons (Fsp3) is 0.296. The Labute approximate surface area is 193 Å². The van der Waals surface area contributed by atoms with E-state index in [-0.39, 0.29) is 5.91 Å². The number of rotatable bonds is 7. The van der Waals surface area contributed by atoms with Gasteiger partial charge in [0.05, 0.1) is 11.0 Å². The summed E-state index contributed by atoms with van der Waals surface area (Å²) in [6.45, 7) is 1.22. The molecule has 1 aliphatic carbocycles. The molecule has 5 rings (SSSR count). The first-order chi connectivity index (χ1) is 16.2. The SMILES string of the molecule is Nc1c(C(=O)NCCc2ccccc2)c2nc3ccccc3nc2n1CCC1=CCCCC1. The summed E-state index contributed by atoms with van der Waals surface area (Å²) in [5.41, 5.74) is 12.5. The van der Waals surface area contributed by atoms with Crippen molar-refractivity contribution in [2.24, 2.45) is 0 Å². The lowest BCUT2D eigenvalue weighted by Crippen LogP contribution is -2.26. The maximum atomic E-state index is 13.2.